The lowest BCUT2D eigenvalue weighted by atomic mass is 10.2. The molecule has 1 unspecified atom stereocenters. The summed E-state index contributed by atoms with van der Waals surface area (Å²) in [7, 11) is 1.29. The summed E-state index contributed by atoms with van der Waals surface area (Å²) in [5, 5.41) is 3.91. The Morgan fingerprint density at radius 1 is 1.11 bits per heavy atom. The number of nitrogens with zero attached hydrogens (tertiary/aromatic N) is 6. The summed E-state index contributed by atoms with van der Waals surface area (Å²) in [5.41, 5.74) is 0.466. The van der Waals surface area contributed by atoms with Gasteiger partial charge in [-0.1, -0.05) is 0 Å². The molecule has 0 bridgehead atoms. The highest BCUT2D eigenvalue weighted by atomic mass is 79.9. The van der Waals surface area contributed by atoms with Crippen LogP contribution in [-0.4, -0.2) is 71.4 Å². The summed E-state index contributed by atoms with van der Waals surface area (Å²) in [5.74, 6) is 0.149. The van der Waals surface area contributed by atoms with E-state index in [2.05, 4.69) is 35.9 Å². The fourth-order valence-corrected chi connectivity index (χ4v) is 3.77. The fourth-order valence-electron chi connectivity index (χ4n) is 3.34. The van der Waals surface area contributed by atoms with Gasteiger partial charge >= 0.3 is 6.18 Å². The van der Waals surface area contributed by atoms with E-state index in [1.807, 2.05) is 4.90 Å². The summed E-state index contributed by atoms with van der Waals surface area (Å²) in [4.78, 5) is 17.5. The van der Waals surface area contributed by atoms with Gasteiger partial charge < -0.3 is 14.6 Å². The van der Waals surface area contributed by atoms with E-state index in [9.17, 15) is 17.6 Å². The van der Waals surface area contributed by atoms with Crippen molar-refractivity contribution in [3.8, 4) is 0 Å². The SMILES string of the molecule is CN1C(N2CCN(c3ncnc4c(Br)ccc(F)c34)CC2)=NOC1C(F)(F)F. The number of halogens is 5. The molecule has 1 aromatic carbocycles. The van der Waals surface area contributed by atoms with Crippen LogP contribution in [0.25, 0.3) is 10.9 Å². The third-order valence-electron chi connectivity index (χ3n) is 4.71. The van der Waals surface area contributed by atoms with Crippen molar-refractivity contribution in [2.24, 2.45) is 5.16 Å². The fraction of sp³-hybridized carbons (Fsp3) is 0.438. The summed E-state index contributed by atoms with van der Waals surface area (Å²) in [6, 6.07) is 2.92. The summed E-state index contributed by atoms with van der Waals surface area (Å²) in [6.07, 6.45) is -5.25. The van der Waals surface area contributed by atoms with Crippen LogP contribution in [0.15, 0.2) is 28.1 Å². The van der Waals surface area contributed by atoms with Gasteiger partial charge in [0.2, 0.25) is 5.96 Å². The summed E-state index contributed by atoms with van der Waals surface area (Å²) in [6.45, 7) is 1.64. The molecule has 0 saturated carbocycles. The molecular weight excluding hydrogens is 448 g/mol. The molecule has 2 aliphatic heterocycles. The first kappa shape index (κ1) is 19.0. The lowest BCUT2D eigenvalue weighted by molar-refractivity contribution is -0.241. The van der Waals surface area contributed by atoms with Crippen molar-refractivity contribution in [3.63, 3.8) is 0 Å². The van der Waals surface area contributed by atoms with Crippen LogP contribution in [0.1, 0.15) is 0 Å². The Kier molecular flexibility index (Phi) is 4.68. The second kappa shape index (κ2) is 6.90. The zero-order valence-corrected chi connectivity index (χ0v) is 16.2. The highest BCUT2D eigenvalue weighted by molar-refractivity contribution is 9.10. The number of fused-ring (bicyclic) bond motifs is 1. The molecule has 0 aliphatic carbocycles. The van der Waals surface area contributed by atoms with E-state index in [0.29, 0.717) is 47.4 Å². The van der Waals surface area contributed by atoms with E-state index in [1.165, 1.54) is 19.4 Å². The Hall–Kier alpha value is -2.37. The smallest absolute Gasteiger partial charge is 0.357 e. The van der Waals surface area contributed by atoms with E-state index < -0.39 is 18.2 Å². The molecule has 0 spiro atoms. The van der Waals surface area contributed by atoms with E-state index in [1.54, 1.807) is 11.0 Å². The van der Waals surface area contributed by atoms with Crippen LogP contribution in [0.4, 0.5) is 23.4 Å². The molecule has 3 heterocycles. The van der Waals surface area contributed by atoms with Crippen molar-refractivity contribution >= 4 is 38.6 Å². The Morgan fingerprint density at radius 3 is 2.43 bits per heavy atom. The number of aromatic nitrogens is 2. The number of hydrogen-bond acceptors (Lipinski definition) is 7. The number of hydrogen-bond donors (Lipinski definition) is 0. The van der Waals surface area contributed by atoms with Crippen LogP contribution in [0.5, 0.6) is 0 Å². The first-order valence-corrected chi connectivity index (χ1v) is 9.18. The standard InChI is InChI=1S/C16H15BrF4N6O/c1-25-14(16(19,20)21)28-24-15(25)27-6-4-26(5-7-27)13-11-10(18)3-2-9(17)12(11)22-8-23-13/h2-3,8,14H,4-7H2,1H3. The lowest BCUT2D eigenvalue weighted by Crippen LogP contribution is -2.54. The minimum absolute atomic E-state index is 0.128. The normalized spacial score (nSPS) is 20.6. The lowest BCUT2D eigenvalue weighted by Gasteiger charge is -2.38. The van der Waals surface area contributed by atoms with Crippen molar-refractivity contribution in [3.05, 3.63) is 28.7 Å². The van der Waals surface area contributed by atoms with Gasteiger partial charge in [0.15, 0.2) is 0 Å². The van der Waals surface area contributed by atoms with Crippen LogP contribution in [-0.2, 0) is 4.84 Å². The largest absolute Gasteiger partial charge is 0.448 e. The minimum atomic E-state index is -4.54. The molecule has 1 aromatic heterocycles. The highest BCUT2D eigenvalue weighted by Gasteiger charge is 2.50. The van der Waals surface area contributed by atoms with E-state index in [4.69, 9.17) is 0 Å². The predicted molar refractivity (Wildman–Crippen MR) is 97.1 cm³/mol. The van der Waals surface area contributed by atoms with Crippen molar-refractivity contribution in [2.75, 3.05) is 38.1 Å². The van der Waals surface area contributed by atoms with Gasteiger partial charge in [-0.05, 0) is 33.2 Å². The van der Waals surface area contributed by atoms with Gasteiger partial charge in [-0.3, -0.25) is 4.90 Å². The van der Waals surface area contributed by atoms with Crippen molar-refractivity contribution in [1.29, 1.82) is 0 Å². The van der Waals surface area contributed by atoms with Crippen LogP contribution in [0.2, 0.25) is 0 Å². The molecule has 150 valence electrons. The molecule has 7 nitrogen and oxygen atoms in total. The van der Waals surface area contributed by atoms with Crippen LogP contribution >= 0.6 is 15.9 Å². The van der Waals surface area contributed by atoms with E-state index in [0.717, 1.165) is 4.90 Å². The van der Waals surface area contributed by atoms with Gasteiger partial charge in [0.25, 0.3) is 6.23 Å². The Bertz CT molecular complexity index is 931. The third kappa shape index (κ3) is 3.19. The predicted octanol–water partition coefficient (Wildman–Crippen LogP) is 2.77. The van der Waals surface area contributed by atoms with Gasteiger partial charge in [0.1, 0.15) is 18.0 Å². The number of anilines is 1. The molecule has 2 aromatic rings. The number of oxime groups is 1. The summed E-state index contributed by atoms with van der Waals surface area (Å²) >= 11 is 3.36. The van der Waals surface area contributed by atoms with Crippen LogP contribution in [0, 0.1) is 5.82 Å². The maximum absolute atomic E-state index is 14.4. The van der Waals surface area contributed by atoms with E-state index in [-0.39, 0.29) is 5.96 Å². The summed E-state index contributed by atoms with van der Waals surface area (Å²) < 4.78 is 53.9. The maximum Gasteiger partial charge on any atom is 0.448 e. The van der Waals surface area contributed by atoms with Crippen molar-refractivity contribution < 1.29 is 22.4 Å². The second-order valence-electron chi connectivity index (χ2n) is 6.43. The Labute approximate surface area is 165 Å². The molecule has 28 heavy (non-hydrogen) atoms. The molecule has 1 saturated heterocycles. The van der Waals surface area contributed by atoms with Gasteiger partial charge in [0, 0.05) is 37.7 Å². The molecule has 0 radical (unpaired) electrons. The van der Waals surface area contributed by atoms with Crippen LogP contribution < -0.4 is 4.90 Å². The zero-order chi connectivity index (χ0) is 20.1. The van der Waals surface area contributed by atoms with Crippen molar-refractivity contribution in [2.45, 2.75) is 12.4 Å². The van der Waals surface area contributed by atoms with Crippen LogP contribution in [0.3, 0.4) is 0 Å². The molecule has 4 rings (SSSR count). The average Bonchev–Trinajstić information content (AvgIpc) is 3.06. The molecule has 1 fully saturated rings. The number of piperazine rings is 1. The highest BCUT2D eigenvalue weighted by Crippen LogP contribution is 2.32. The quantitative estimate of drug-likeness (QED) is 0.607. The van der Waals surface area contributed by atoms with Crippen molar-refractivity contribution in [1.82, 2.24) is 19.8 Å². The third-order valence-corrected chi connectivity index (χ3v) is 5.35. The molecule has 1 atom stereocenters. The topological polar surface area (TPSA) is 57.1 Å². The molecule has 12 heteroatoms. The molecule has 2 aliphatic rings. The number of guanidine groups is 1. The maximum atomic E-state index is 14.4. The monoisotopic (exact) mass is 462 g/mol. The minimum Gasteiger partial charge on any atom is -0.357 e. The zero-order valence-electron chi connectivity index (χ0n) is 14.6. The molecular formula is C16H15BrF4N6O. The molecule has 0 amide bonds. The van der Waals surface area contributed by atoms with Gasteiger partial charge in [-0.15, -0.1) is 0 Å². The number of benzene rings is 1. The van der Waals surface area contributed by atoms with Gasteiger partial charge in [-0.25, -0.2) is 14.4 Å². The first-order chi connectivity index (χ1) is 13.3. The van der Waals surface area contributed by atoms with E-state index >= 15 is 0 Å². The Balaban J connectivity index is 1.52. The molecule has 0 N–H and O–H groups in total. The first-order valence-electron chi connectivity index (χ1n) is 8.39. The average molecular weight is 463 g/mol. The number of rotatable bonds is 1. The van der Waals surface area contributed by atoms with Gasteiger partial charge in [0.05, 0.1) is 10.9 Å². The Morgan fingerprint density at radius 2 is 1.79 bits per heavy atom. The van der Waals surface area contributed by atoms with Gasteiger partial charge in [-0.2, -0.15) is 13.2 Å². The second-order valence-corrected chi connectivity index (χ2v) is 7.28. The number of alkyl halides is 3.